The van der Waals surface area contributed by atoms with Gasteiger partial charge in [0.05, 0.1) is 24.4 Å². The molecule has 0 fully saturated rings. The first-order chi connectivity index (χ1) is 10.1. The van der Waals surface area contributed by atoms with E-state index >= 15 is 0 Å². The molecule has 2 aromatic rings. The Kier molecular flexibility index (Phi) is 5.06. The van der Waals surface area contributed by atoms with E-state index in [4.69, 9.17) is 22.1 Å². The number of halogens is 1. The molecule has 0 aliphatic rings. The molecule has 2 rings (SSSR count). The van der Waals surface area contributed by atoms with Crippen molar-refractivity contribution in [3.05, 3.63) is 53.1 Å². The fraction of sp³-hybridized carbons (Fsp3) is 0.188. The summed E-state index contributed by atoms with van der Waals surface area (Å²) in [5, 5.41) is 3.44. The highest BCUT2D eigenvalue weighted by molar-refractivity contribution is 6.30. The standard InChI is InChI=1S/C16H17ClN2O2/c1-2-21-13-7-8-15(14(18)10-13)19-16(20)9-11-3-5-12(17)6-4-11/h3-8,10H,2,9,18H2,1H3,(H,19,20). The molecule has 0 radical (unpaired) electrons. The van der Waals surface area contributed by atoms with Gasteiger partial charge >= 0.3 is 0 Å². The number of carbonyl (C=O) groups excluding carboxylic acids is 1. The van der Waals surface area contributed by atoms with Gasteiger partial charge in [-0.15, -0.1) is 0 Å². The number of hydrogen-bond donors (Lipinski definition) is 2. The van der Waals surface area contributed by atoms with Gasteiger partial charge in [-0.1, -0.05) is 23.7 Å². The van der Waals surface area contributed by atoms with Crippen molar-refractivity contribution in [3.8, 4) is 5.75 Å². The quantitative estimate of drug-likeness (QED) is 0.831. The highest BCUT2D eigenvalue weighted by Gasteiger charge is 2.07. The zero-order chi connectivity index (χ0) is 15.2. The van der Waals surface area contributed by atoms with Crippen molar-refractivity contribution in [2.45, 2.75) is 13.3 Å². The number of nitrogens with two attached hydrogens (primary N) is 1. The van der Waals surface area contributed by atoms with E-state index in [0.717, 1.165) is 5.56 Å². The lowest BCUT2D eigenvalue weighted by Gasteiger charge is -2.10. The second-order valence-electron chi connectivity index (χ2n) is 4.53. The SMILES string of the molecule is CCOc1ccc(NC(=O)Cc2ccc(Cl)cc2)c(N)c1. The van der Waals surface area contributed by atoms with Crippen LogP contribution >= 0.6 is 11.6 Å². The highest BCUT2D eigenvalue weighted by Crippen LogP contribution is 2.24. The minimum Gasteiger partial charge on any atom is -0.494 e. The number of nitrogen functional groups attached to an aromatic ring is 1. The molecule has 3 N–H and O–H groups in total. The molecule has 5 heteroatoms. The Bertz CT molecular complexity index is 627. The first-order valence-electron chi connectivity index (χ1n) is 6.65. The Morgan fingerprint density at radius 2 is 1.95 bits per heavy atom. The van der Waals surface area contributed by atoms with Crippen molar-refractivity contribution in [1.29, 1.82) is 0 Å². The lowest BCUT2D eigenvalue weighted by molar-refractivity contribution is -0.115. The molecule has 0 heterocycles. The predicted molar refractivity (Wildman–Crippen MR) is 85.8 cm³/mol. The Balaban J connectivity index is 2.00. The van der Waals surface area contributed by atoms with Crippen LogP contribution in [0.2, 0.25) is 5.02 Å². The van der Waals surface area contributed by atoms with Gasteiger partial charge in [-0.2, -0.15) is 0 Å². The maximum absolute atomic E-state index is 12.0. The Labute approximate surface area is 128 Å². The van der Waals surface area contributed by atoms with Gasteiger partial charge < -0.3 is 15.8 Å². The highest BCUT2D eigenvalue weighted by atomic mass is 35.5. The molecule has 0 aromatic heterocycles. The third-order valence-corrected chi connectivity index (χ3v) is 3.14. The maximum Gasteiger partial charge on any atom is 0.228 e. The van der Waals surface area contributed by atoms with Gasteiger partial charge in [-0.05, 0) is 36.8 Å². The molecule has 0 saturated heterocycles. The number of anilines is 2. The van der Waals surface area contributed by atoms with E-state index in [9.17, 15) is 4.79 Å². The molecule has 0 atom stereocenters. The van der Waals surface area contributed by atoms with E-state index < -0.39 is 0 Å². The van der Waals surface area contributed by atoms with Crippen LogP contribution in [0, 0.1) is 0 Å². The largest absolute Gasteiger partial charge is 0.494 e. The summed E-state index contributed by atoms with van der Waals surface area (Å²) in [5.74, 6) is 0.555. The zero-order valence-corrected chi connectivity index (χ0v) is 12.5. The monoisotopic (exact) mass is 304 g/mol. The second-order valence-corrected chi connectivity index (χ2v) is 4.97. The van der Waals surface area contributed by atoms with Crippen LogP contribution in [0.25, 0.3) is 0 Å². The Hall–Kier alpha value is -2.20. The molecule has 0 saturated carbocycles. The summed E-state index contributed by atoms with van der Waals surface area (Å²) < 4.78 is 5.35. The third-order valence-electron chi connectivity index (χ3n) is 2.89. The summed E-state index contributed by atoms with van der Waals surface area (Å²) in [6.45, 7) is 2.47. The lowest BCUT2D eigenvalue weighted by atomic mass is 10.1. The number of benzene rings is 2. The van der Waals surface area contributed by atoms with Crippen LogP contribution in [0.3, 0.4) is 0 Å². The number of carbonyl (C=O) groups is 1. The van der Waals surface area contributed by atoms with Gasteiger partial charge in [0, 0.05) is 11.1 Å². The molecule has 21 heavy (non-hydrogen) atoms. The molecule has 110 valence electrons. The third kappa shape index (κ3) is 4.39. The number of hydrogen-bond acceptors (Lipinski definition) is 3. The molecular formula is C16H17ClN2O2. The molecule has 1 amide bonds. The van der Waals surface area contributed by atoms with Gasteiger partial charge in [0.2, 0.25) is 5.91 Å². The van der Waals surface area contributed by atoms with Crippen LogP contribution in [0.4, 0.5) is 11.4 Å². The summed E-state index contributed by atoms with van der Waals surface area (Å²) >= 11 is 5.81. The van der Waals surface area contributed by atoms with E-state index in [2.05, 4.69) is 5.32 Å². The van der Waals surface area contributed by atoms with E-state index in [1.54, 1.807) is 30.3 Å². The van der Waals surface area contributed by atoms with Crippen molar-refractivity contribution in [2.24, 2.45) is 0 Å². The topological polar surface area (TPSA) is 64.3 Å². The van der Waals surface area contributed by atoms with Gasteiger partial charge in [0.25, 0.3) is 0 Å². The van der Waals surface area contributed by atoms with E-state index in [1.165, 1.54) is 0 Å². The predicted octanol–water partition coefficient (Wildman–Crippen LogP) is 3.50. The lowest BCUT2D eigenvalue weighted by Crippen LogP contribution is -2.15. The van der Waals surface area contributed by atoms with Crippen molar-refractivity contribution in [3.63, 3.8) is 0 Å². The average Bonchev–Trinajstić information content (AvgIpc) is 2.45. The molecule has 0 aliphatic carbocycles. The van der Waals surface area contributed by atoms with Crippen molar-refractivity contribution in [1.82, 2.24) is 0 Å². The zero-order valence-electron chi connectivity index (χ0n) is 11.7. The number of nitrogens with one attached hydrogen (secondary N) is 1. The van der Waals surface area contributed by atoms with Crippen molar-refractivity contribution in [2.75, 3.05) is 17.7 Å². The first-order valence-corrected chi connectivity index (χ1v) is 7.03. The average molecular weight is 305 g/mol. The first kappa shape index (κ1) is 15.2. The molecule has 0 spiro atoms. The van der Waals surface area contributed by atoms with Crippen LogP contribution in [0.15, 0.2) is 42.5 Å². The van der Waals surface area contributed by atoms with Crippen LogP contribution < -0.4 is 15.8 Å². The van der Waals surface area contributed by atoms with Crippen LogP contribution in [0.1, 0.15) is 12.5 Å². The van der Waals surface area contributed by atoms with E-state index in [0.29, 0.717) is 28.8 Å². The van der Waals surface area contributed by atoms with E-state index in [-0.39, 0.29) is 12.3 Å². The minimum atomic E-state index is -0.131. The van der Waals surface area contributed by atoms with Gasteiger partial charge in [-0.25, -0.2) is 0 Å². The fourth-order valence-corrected chi connectivity index (χ4v) is 2.02. The molecule has 2 aromatic carbocycles. The van der Waals surface area contributed by atoms with Crippen molar-refractivity contribution < 1.29 is 9.53 Å². The minimum absolute atomic E-state index is 0.131. The normalized spacial score (nSPS) is 10.2. The number of amides is 1. The summed E-state index contributed by atoms with van der Waals surface area (Å²) in [6.07, 6.45) is 0.268. The van der Waals surface area contributed by atoms with Crippen LogP contribution in [-0.2, 0) is 11.2 Å². The van der Waals surface area contributed by atoms with Gasteiger partial charge in [-0.3, -0.25) is 4.79 Å². The maximum atomic E-state index is 12.0. The van der Waals surface area contributed by atoms with Crippen LogP contribution in [-0.4, -0.2) is 12.5 Å². The molecule has 0 bridgehead atoms. The van der Waals surface area contributed by atoms with Gasteiger partial charge in [0.1, 0.15) is 5.75 Å². The van der Waals surface area contributed by atoms with Crippen LogP contribution in [0.5, 0.6) is 5.75 Å². The summed E-state index contributed by atoms with van der Waals surface area (Å²) in [5.41, 5.74) is 7.85. The molecule has 0 unspecified atom stereocenters. The molecule has 4 nitrogen and oxygen atoms in total. The summed E-state index contributed by atoms with van der Waals surface area (Å²) in [7, 11) is 0. The fourth-order valence-electron chi connectivity index (χ4n) is 1.89. The summed E-state index contributed by atoms with van der Waals surface area (Å²) in [6, 6.07) is 12.4. The molecular weight excluding hydrogens is 288 g/mol. The Morgan fingerprint density at radius 1 is 1.24 bits per heavy atom. The smallest absolute Gasteiger partial charge is 0.228 e. The van der Waals surface area contributed by atoms with E-state index in [1.807, 2.05) is 19.1 Å². The summed E-state index contributed by atoms with van der Waals surface area (Å²) in [4.78, 5) is 12.0. The second kappa shape index (κ2) is 6.99. The van der Waals surface area contributed by atoms with Crippen molar-refractivity contribution >= 4 is 28.9 Å². The number of ether oxygens (including phenoxy) is 1. The molecule has 0 aliphatic heterocycles. The van der Waals surface area contributed by atoms with Gasteiger partial charge in [0.15, 0.2) is 0 Å². The number of rotatable bonds is 5. The Morgan fingerprint density at radius 3 is 2.57 bits per heavy atom.